The third kappa shape index (κ3) is 2.23. The van der Waals surface area contributed by atoms with Gasteiger partial charge >= 0.3 is 0 Å². The molecule has 78 valence electrons. The molecule has 0 spiro atoms. The van der Waals surface area contributed by atoms with E-state index in [9.17, 15) is 4.39 Å². The van der Waals surface area contributed by atoms with Gasteiger partial charge in [0.2, 0.25) is 0 Å². The van der Waals surface area contributed by atoms with E-state index in [1.165, 1.54) is 12.1 Å². The number of hydrogen-bond acceptors (Lipinski definition) is 2. The van der Waals surface area contributed by atoms with E-state index in [4.69, 9.17) is 10.8 Å². The van der Waals surface area contributed by atoms with Gasteiger partial charge in [0, 0.05) is 0 Å². The molecular weight excluding hydrogens is 181 g/mol. The number of rotatable bonds is 3. The van der Waals surface area contributed by atoms with E-state index in [0.29, 0.717) is 6.54 Å². The lowest BCUT2D eigenvalue weighted by atomic mass is 9.81. The molecular formula is C11H16FNO. The molecule has 0 atom stereocenters. The lowest BCUT2D eigenvalue weighted by Gasteiger charge is -2.24. The van der Waals surface area contributed by atoms with Crippen molar-refractivity contribution < 1.29 is 9.50 Å². The number of halogens is 1. The summed E-state index contributed by atoms with van der Waals surface area (Å²) in [7, 11) is 0. The number of hydrogen-bond donors (Lipinski definition) is 2. The van der Waals surface area contributed by atoms with Crippen molar-refractivity contribution in [3.63, 3.8) is 0 Å². The van der Waals surface area contributed by atoms with Crippen LogP contribution < -0.4 is 5.73 Å². The van der Waals surface area contributed by atoms with Crippen LogP contribution in [0.1, 0.15) is 25.8 Å². The summed E-state index contributed by atoms with van der Waals surface area (Å²) in [5.41, 5.74) is 6.19. The van der Waals surface area contributed by atoms with Gasteiger partial charge in [0.1, 0.15) is 0 Å². The smallest absolute Gasteiger partial charge is 0.165 e. The normalized spacial score (nSPS) is 11.7. The predicted octanol–water partition coefficient (Wildman–Crippen LogP) is 2.16. The maximum absolute atomic E-state index is 13.1. The summed E-state index contributed by atoms with van der Waals surface area (Å²) in [6, 6.07) is 4.47. The highest BCUT2D eigenvalue weighted by Gasteiger charge is 2.20. The molecule has 1 aromatic rings. The molecule has 0 amide bonds. The highest BCUT2D eigenvalue weighted by atomic mass is 19.1. The standard InChI is InChI=1S/C11H16FNO/c1-11(2,5-6-13)8-3-4-10(14)9(12)7-8/h3-4,7,14H,5-6,13H2,1-2H3. The van der Waals surface area contributed by atoms with Crippen molar-refractivity contribution in [1.82, 2.24) is 0 Å². The van der Waals surface area contributed by atoms with Crippen LogP contribution >= 0.6 is 0 Å². The Kier molecular flexibility index (Phi) is 3.11. The van der Waals surface area contributed by atoms with Gasteiger partial charge in [-0.3, -0.25) is 0 Å². The Labute approximate surface area is 83.6 Å². The number of benzene rings is 1. The summed E-state index contributed by atoms with van der Waals surface area (Å²) in [6.45, 7) is 4.58. The monoisotopic (exact) mass is 197 g/mol. The molecule has 1 aromatic carbocycles. The lowest BCUT2D eigenvalue weighted by Crippen LogP contribution is -2.21. The van der Waals surface area contributed by atoms with Gasteiger partial charge in [0.25, 0.3) is 0 Å². The summed E-state index contributed by atoms with van der Waals surface area (Å²) >= 11 is 0. The van der Waals surface area contributed by atoms with Crippen molar-refractivity contribution in [3.8, 4) is 5.75 Å². The minimum Gasteiger partial charge on any atom is -0.505 e. The van der Waals surface area contributed by atoms with Crippen LogP contribution in [0.4, 0.5) is 4.39 Å². The first-order valence-electron chi connectivity index (χ1n) is 4.66. The van der Waals surface area contributed by atoms with Crippen LogP contribution in [0.15, 0.2) is 18.2 Å². The molecule has 0 fully saturated rings. The summed E-state index contributed by atoms with van der Waals surface area (Å²) in [4.78, 5) is 0. The fourth-order valence-electron chi connectivity index (χ4n) is 1.43. The van der Waals surface area contributed by atoms with Crippen LogP contribution in [0.5, 0.6) is 5.75 Å². The van der Waals surface area contributed by atoms with Crippen LogP contribution in [0, 0.1) is 5.82 Å². The number of aromatic hydroxyl groups is 1. The lowest BCUT2D eigenvalue weighted by molar-refractivity contribution is 0.426. The summed E-state index contributed by atoms with van der Waals surface area (Å²) in [5, 5.41) is 9.04. The number of nitrogens with two attached hydrogens (primary N) is 1. The van der Waals surface area contributed by atoms with Crippen LogP contribution in [-0.2, 0) is 5.41 Å². The van der Waals surface area contributed by atoms with E-state index in [1.807, 2.05) is 13.8 Å². The van der Waals surface area contributed by atoms with Gasteiger partial charge in [0.05, 0.1) is 0 Å². The average Bonchev–Trinajstić information content (AvgIpc) is 2.09. The third-order valence-electron chi connectivity index (χ3n) is 2.50. The molecule has 3 heteroatoms. The molecule has 3 N–H and O–H groups in total. The molecule has 0 saturated carbocycles. The van der Waals surface area contributed by atoms with E-state index in [1.54, 1.807) is 6.07 Å². The highest BCUT2D eigenvalue weighted by molar-refractivity contribution is 5.32. The van der Waals surface area contributed by atoms with Crippen molar-refractivity contribution in [3.05, 3.63) is 29.6 Å². The molecule has 0 unspecified atom stereocenters. The first-order chi connectivity index (χ1) is 6.47. The molecule has 0 aliphatic rings. The van der Waals surface area contributed by atoms with Crippen molar-refractivity contribution in [2.24, 2.45) is 5.73 Å². The quantitative estimate of drug-likeness (QED) is 0.780. The average molecular weight is 197 g/mol. The van der Waals surface area contributed by atoms with Crippen LogP contribution in [0.2, 0.25) is 0 Å². The van der Waals surface area contributed by atoms with Crippen molar-refractivity contribution in [1.29, 1.82) is 0 Å². The van der Waals surface area contributed by atoms with Crippen LogP contribution in [0.25, 0.3) is 0 Å². The van der Waals surface area contributed by atoms with Gasteiger partial charge in [0.15, 0.2) is 11.6 Å². The predicted molar refractivity (Wildman–Crippen MR) is 54.8 cm³/mol. The number of phenolic OH excluding ortho intramolecular Hbond substituents is 1. The van der Waals surface area contributed by atoms with E-state index in [0.717, 1.165) is 12.0 Å². The zero-order chi connectivity index (χ0) is 10.8. The molecule has 0 aliphatic heterocycles. The molecule has 0 heterocycles. The summed E-state index contributed by atoms with van der Waals surface area (Å²) in [5.74, 6) is -0.884. The van der Waals surface area contributed by atoms with Crippen molar-refractivity contribution in [2.75, 3.05) is 6.54 Å². The number of phenols is 1. The maximum atomic E-state index is 13.1. The zero-order valence-corrected chi connectivity index (χ0v) is 8.55. The molecule has 2 nitrogen and oxygen atoms in total. The van der Waals surface area contributed by atoms with E-state index < -0.39 is 5.82 Å². The first kappa shape index (κ1) is 11.0. The maximum Gasteiger partial charge on any atom is 0.165 e. The van der Waals surface area contributed by atoms with Crippen LogP contribution in [-0.4, -0.2) is 11.7 Å². The minimum atomic E-state index is -0.576. The van der Waals surface area contributed by atoms with Crippen LogP contribution in [0.3, 0.4) is 0 Å². The second-order valence-corrected chi connectivity index (χ2v) is 4.09. The Morgan fingerprint density at radius 3 is 2.57 bits per heavy atom. The third-order valence-corrected chi connectivity index (χ3v) is 2.50. The highest BCUT2D eigenvalue weighted by Crippen LogP contribution is 2.29. The van der Waals surface area contributed by atoms with Gasteiger partial charge in [-0.25, -0.2) is 4.39 Å². The zero-order valence-electron chi connectivity index (χ0n) is 8.55. The molecule has 1 rings (SSSR count). The summed E-state index contributed by atoms with van der Waals surface area (Å²) < 4.78 is 13.1. The first-order valence-corrected chi connectivity index (χ1v) is 4.66. The van der Waals surface area contributed by atoms with E-state index in [2.05, 4.69) is 0 Å². The fraction of sp³-hybridized carbons (Fsp3) is 0.455. The molecule has 14 heavy (non-hydrogen) atoms. The van der Waals surface area contributed by atoms with Crippen molar-refractivity contribution in [2.45, 2.75) is 25.7 Å². The van der Waals surface area contributed by atoms with Gasteiger partial charge in [-0.15, -0.1) is 0 Å². The van der Waals surface area contributed by atoms with Gasteiger partial charge in [-0.05, 0) is 36.1 Å². The second kappa shape index (κ2) is 3.96. The van der Waals surface area contributed by atoms with E-state index >= 15 is 0 Å². The largest absolute Gasteiger partial charge is 0.505 e. The topological polar surface area (TPSA) is 46.2 Å². The fourth-order valence-corrected chi connectivity index (χ4v) is 1.43. The SMILES string of the molecule is CC(C)(CCN)c1ccc(O)c(F)c1. The van der Waals surface area contributed by atoms with Crippen molar-refractivity contribution >= 4 is 0 Å². The van der Waals surface area contributed by atoms with Gasteiger partial charge < -0.3 is 10.8 Å². The minimum absolute atomic E-state index is 0.150. The van der Waals surface area contributed by atoms with Gasteiger partial charge in [-0.1, -0.05) is 19.9 Å². The molecule has 0 aromatic heterocycles. The molecule has 0 bridgehead atoms. The Hall–Kier alpha value is -1.09. The Morgan fingerprint density at radius 2 is 2.07 bits per heavy atom. The van der Waals surface area contributed by atoms with E-state index in [-0.39, 0.29) is 11.2 Å². The Balaban J connectivity index is 3.01. The Bertz CT molecular complexity index is 323. The second-order valence-electron chi connectivity index (χ2n) is 4.09. The summed E-state index contributed by atoms with van der Waals surface area (Å²) in [6.07, 6.45) is 0.789. The molecule has 0 saturated heterocycles. The van der Waals surface area contributed by atoms with Gasteiger partial charge in [-0.2, -0.15) is 0 Å². The Morgan fingerprint density at radius 1 is 1.43 bits per heavy atom. The molecule has 0 aliphatic carbocycles. The molecule has 0 radical (unpaired) electrons.